The summed E-state index contributed by atoms with van der Waals surface area (Å²) in [4.78, 5) is 24.1. The van der Waals surface area contributed by atoms with E-state index in [2.05, 4.69) is 5.32 Å². The third-order valence-corrected chi connectivity index (χ3v) is 2.76. The number of likely N-dealkylation sites (N-methyl/N-ethyl adjacent to an activating group) is 1. The van der Waals surface area contributed by atoms with Gasteiger partial charge in [-0.1, -0.05) is 17.7 Å². The number of nitrogens with two attached hydrogens (primary N) is 1. The molecule has 0 radical (unpaired) electrons. The van der Waals surface area contributed by atoms with E-state index in [1.165, 1.54) is 10.5 Å². The monoisotopic (exact) mass is 315 g/mol. The van der Waals surface area contributed by atoms with E-state index >= 15 is 0 Å². The minimum absolute atomic E-state index is 0. The number of rotatable bonds is 7. The summed E-state index contributed by atoms with van der Waals surface area (Å²) in [6.07, 6.45) is 0. The van der Waals surface area contributed by atoms with Gasteiger partial charge in [0.05, 0.1) is 19.6 Å². The topological polar surface area (TPSA) is 84.7 Å². The van der Waals surface area contributed by atoms with E-state index in [0.29, 0.717) is 13.2 Å². The summed E-state index contributed by atoms with van der Waals surface area (Å²) in [5.74, 6) is 0.245. The van der Waals surface area contributed by atoms with Crippen molar-refractivity contribution >= 4 is 24.2 Å². The zero-order valence-electron chi connectivity index (χ0n) is 12.3. The van der Waals surface area contributed by atoms with E-state index in [1.807, 2.05) is 31.2 Å². The fourth-order valence-corrected chi connectivity index (χ4v) is 1.44. The molecule has 0 unspecified atom stereocenters. The Morgan fingerprint density at radius 2 is 1.90 bits per heavy atom. The molecule has 0 spiro atoms. The molecule has 0 saturated heterocycles. The number of benzene rings is 1. The lowest BCUT2D eigenvalue weighted by molar-refractivity contribution is -0.131. The molecule has 21 heavy (non-hydrogen) atoms. The molecule has 0 aromatic heterocycles. The Labute approximate surface area is 131 Å². The SMILES string of the molecule is Cc1ccc(OCCN(C)C(=O)CNC(=O)CN)cc1.Cl. The van der Waals surface area contributed by atoms with Crippen LogP contribution < -0.4 is 15.8 Å². The van der Waals surface area contributed by atoms with Crippen LogP contribution in [-0.2, 0) is 9.59 Å². The molecule has 2 amide bonds. The Kier molecular flexibility index (Phi) is 9.16. The van der Waals surface area contributed by atoms with Crippen LogP contribution in [0.2, 0.25) is 0 Å². The van der Waals surface area contributed by atoms with Gasteiger partial charge in [-0.05, 0) is 19.1 Å². The largest absolute Gasteiger partial charge is 0.492 e. The van der Waals surface area contributed by atoms with Gasteiger partial charge < -0.3 is 20.7 Å². The summed E-state index contributed by atoms with van der Waals surface area (Å²) in [5.41, 5.74) is 6.30. The predicted molar refractivity (Wildman–Crippen MR) is 83.6 cm³/mol. The molecule has 3 N–H and O–H groups in total. The second-order valence-corrected chi connectivity index (χ2v) is 4.46. The van der Waals surface area contributed by atoms with Crippen LogP contribution in [0.25, 0.3) is 0 Å². The van der Waals surface area contributed by atoms with E-state index < -0.39 is 0 Å². The Bertz CT molecular complexity index is 451. The number of amides is 2. The first kappa shape index (κ1) is 19.2. The van der Waals surface area contributed by atoms with Gasteiger partial charge in [0.1, 0.15) is 12.4 Å². The van der Waals surface area contributed by atoms with Crippen molar-refractivity contribution in [3.63, 3.8) is 0 Å². The van der Waals surface area contributed by atoms with Crippen molar-refractivity contribution in [2.75, 3.05) is 33.3 Å². The van der Waals surface area contributed by atoms with Crippen molar-refractivity contribution < 1.29 is 14.3 Å². The fraction of sp³-hybridized carbons (Fsp3) is 0.429. The van der Waals surface area contributed by atoms with Gasteiger partial charge in [0.2, 0.25) is 11.8 Å². The van der Waals surface area contributed by atoms with Crippen LogP contribution in [-0.4, -0.2) is 50.0 Å². The van der Waals surface area contributed by atoms with Crippen molar-refractivity contribution in [2.45, 2.75) is 6.92 Å². The number of ether oxygens (including phenoxy) is 1. The number of nitrogens with zero attached hydrogens (tertiary/aromatic N) is 1. The van der Waals surface area contributed by atoms with E-state index in [9.17, 15) is 9.59 Å². The van der Waals surface area contributed by atoms with Crippen molar-refractivity contribution in [3.8, 4) is 5.75 Å². The first-order valence-electron chi connectivity index (χ1n) is 6.43. The average Bonchev–Trinajstić information content (AvgIpc) is 2.46. The van der Waals surface area contributed by atoms with Gasteiger partial charge in [-0.3, -0.25) is 9.59 Å². The zero-order valence-corrected chi connectivity index (χ0v) is 13.1. The minimum Gasteiger partial charge on any atom is -0.492 e. The smallest absolute Gasteiger partial charge is 0.241 e. The van der Waals surface area contributed by atoms with Gasteiger partial charge in [0.25, 0.3) is 0 Å². The van der Waals surface area contributed by atoms with Gasteiger partial charge in [0.15, 0.2) is 0 Å². The molecule has 118 valence electrons. The molecule has 1 rings (SSSR count). The fourth-order valence-electron chi connectivity index (χ4n) is 1.44. The third kappa shape index (κ3) is 7.53. The number of nitrogens with one attached hydrogen (secondary N) is 1. The normalized spacial score (nSPS) is 9.48. The van der Waals surface area contributed by atoms with Crippen molar-refractivity contribution in [1.82, 2.24) is 10.2 Å². The molecule has 1 aromatic rings. The lowest BCUT2D eigenvalue weighted by atomic mass is 10.2. The maximum absolute atomic E-state index is 11.7. The molecule has 0 fully saturated rings. The summed E-state index contributed by atoms with van der Waals surface area (Å²) in [6, 6.07) is 7.70. The van der Waals surface area contributed by atoms with E-state index in [0.717, 1.165) is 5.75 Å². The summed E-state index contributed by atoms with van der Waals surface area (Å²) in [5, 5.41) is 2.43. The molecule has 0 heterocycles. The highest BCUT2D eigenvalue weighted by molar-refractivity contribution is 5.85. The van der Waals surface area contributed by atoms with Crippen LogP contribution in [0.15, 0.2) is 24.3 Å². The highest BCUT2D eigenvalue weighted by Crippen LogP contribution is 2.10. The molecule has 0 aliphatic carbocycles. The van der Waals surface area contributed by atoms with Crippen LogP contribution in [0.4, 0.5) is 0 Å². The van der Waals surface area contributed by atoms with Crippen LogP contribution in [0.1, 0.15) is 5.56 Å². The molecule has 0 saturated carbocycles. The first-order valence-corrected chi connectivity index (χ1v) is 6.43. The molecule has 1 aromatic carbocycles. The van der Waals surface area contributed by atoms with Crippen molar-refractivity contribution in [3.05, 3.63) is 29.8 Å². The van der Waals surface area contributed by atoms with E-state index in [4.69, 9.17) is 10.5 Å². The Morgan fingerprint density at radius 3 is 2.48 bits per heavy atom. The second-order valence-electron chi connectivity index (χ2n) is 4.46. The van der Waals surface area contributed by atoms with Crippen LogP contribution in [0.5, 0.6) is 5.75 Å². The van der Waals surface area contributed by atoms with Crippen LogP contribution >= 0.6 is 12.4 Å². The van der Waals surface area contributed by atoms with Crippen molar-refractivity contribution in [1.29, 1.82) is 0 Å². The molecule has 6 nitrogen and oxygen atoms in total. The maximum atomic E-state index is 11.7. The summed E-state index contributed by atoms with van der Waals surface area (Å²) in [7, 11) is 1.66. The lowest BCUT2D eigenvalue weighted by Gasteiger charge is -2.17. The van der Waals surface area contributed by atoms with Gasteiger partial charge >= 0.3 is 0 Å². The molecule has 7 heteroatoms. The highest BCUT2D eigenvalue weighted by atomic mass is 35.5. The Hall–Kier alpha value is -1.79. The number of carbonyl (C=O) groups excluding carboxylic acids is 2. The Morgan fingerprint density at radius 1 is 1.29 bits per heavy atom. The lowest BCUT2D eigenvalue weighted by Crippen LogP contribution is -2.41. The summed E-state index contributed by atoms with van der Waals surface area (Å²) in [6.45, 7) is 2.69. The molecule has 0 aliphatic heterocycles. The molecule has 0 aliphatic rings. The summed E-state index contributed by atoms with van der Waals surface area (Å²) >= 11 is 0. The number of hydrogen-bond donors (Lipinski definition) is 2. The predicted octanol–water partition coefficient (Wildman–Crippen LogP) is 0.329. The Balaban J connectivity index is 0.00000400. The van der Waals surface area contributed by atoms with Crippen LogP contribution in [0, 0.1) is 6.92 Å². The van der Waals surface area contributed by atoms with Gasteiger partial charge in [-0.15, -0.1) is 12.4 Å². The highest BCUT2D eigenvalue weighted by Gasteiger charge is 2.09. The molecule has 0 bridgehead atoms. The molecule has 0 atom stereocenters. The maximum Gasteiger partial charge on any atom is 0.241 e. The van der Waals surface area contributed by atoms with Gasteiger partial charge in [0, 0.05) is 7.05 Å². The minimum atomic E-state index is -0.345. The number of aryl methyl sites for hydroxylation is 1. The number of halogens is 1. The third-order valence-electron chi connectivity index (χ3n) is 2.76. The van der Waals surface area contributed by atoms with Crippen molar-refractivity contribution in [2.24, 2.45) is 5.73 Å². The zero-order chi connectivity index (χ0) is 15.0. The molecular weight excluding hydrogens is 294 g/mol. The number of hydrogen-bond acceptors (Lipinski definition) is 4. The molecular formula is C14H22ClN3O3. The summed E-state index contributed by atoms with van der Waals surface area (Å²) < 4.78 is 5.53. The standard InChI is InChI=1S/C14H21N3O3.ClH/c1-11-3-5-12(6-4-11)20-8-7-17(2)14(19)10-16-13(18)9-15;/h3-6H,7-10,15H2,1-2H3,(H,16,18);1H. The van der Waals surface area contributed by atoms with Gasteiger partial charge in [-0.25, -0.2) is 0 Å². The van der Waals surface area contributed by atoms with E-state index in [-0.39, 0.29) is 37.3 Å². The first-order chi connectivity index (χ1) is 9.52. The second kappa shape index (κ2) is 10.0. The quantitative estimate of drug-likeness (QED) is 0.759. The average molecular weight is 316 g/mol. The van der Waals surface area contributed by atoms with E-state index in [1.54, 1.807) is 7.05 Å². The van der Waals surface area contributed by atoms with Crippen LogP contribution in [0.3, 0.4) is 0 Å². The van der Waals surface area contributed by atoms with Gasteiger partial charge in [-0.2, -0.15) is 0 Å². The number of carbonyl (C=O) groups is 2.